The second-order valence-corrected chi connectivity index (χ2v) is 7.49. The number of aliphatic carboxylic acids is 1. The lowest BCUT2D eigenvalue weighted by Gasteiger charge is -2.36. The third-order valence-electron chi connectivity index (χ3n) is 4.69. The van der Waals surface area contributed by atoms with Crippen molar-refractivity contribution in [1.82, 2.24) is 5.32 Å². The highest BCUT2D eigenvalue weighted by molar-refractivity contribution is 5.76. The van der Waals surface area contributed by atoms with Gasteiger partial charge in [-0.25, -0.2) is 0 Å². The molecular formula is C17H31NO3. The Bertz CT molecular complexity index is 338. The molecule has 1 saturated carbocycles. The SMILES string of the molecule is CC(C)(C)C1CCC(CC(=O)NCCCCC(=O)O)CC1. The van der Waals surface area contributed by atoms with Crippen LogP contribution >= 0.6 is 0 Å². The Morgan fingerprint density at radius 1 is 1.10 bits per heavy atom. The molecule has 0 saturated heterocycles. The van der Waals surface area contributed by atoms with Gasteiger partial charge in [0, 0.05) is 19.4 Å². The predicted molar refractivity (Wildman–Crippen MR) is 84.0 cm³/mol. The van der Waals surface area contributed by atoms with Gasteiger partial charge in [0.1, 0.15) is 0 Å². The average Bonchev–Trinajstić information content (AvgIpc) is 2.37. The van der Waals surface area contributed by atoms with Gasteiger partial charge in [-0.1, -0.05) is 20.8 Å². The minimum Gasteiger partial charge on any atom is -0.481 e. The third-order valence-corrected chi connectivity index (χ3v) is 4.69. The predicted octanol–water partition coefficient (Wildman–Crippen LogP) is 3.60. The molecule has 2 N–H and O–H groups in total. The van der Waals surface area contributed by atoms with Crippen LogP contribution in [0.2, 0.25) is 0 Å². The summed E-state index contributed by atoms with van der Waals surface area (Å²) in [6.07, 6.45) is 6.99. The fraction of sp³-hybridized carbons (Fsp3) is 0.882. The van der Waals surface area contributed by atoms with E-state index in [2.05, 4.69) is 26.1 Å². The van der Waals surface area contributed by atoms with Crippen molar-refractivity contribution in [1.29, 1.82) is 0 Å². The Labute approximate surface area is 128 Å². The fourth-order valence-corrected chi connectivity index (χ4v) is 3.20. The minimum atomic E-state index is -0.767. The number of carboxylic acids is 1. The van der Waals surface area contributed by atoms with E-state index in [1.54, 1.807) is 0 Å². The molecule has 0 atom stereocenters. The molecule has 122 valence electrons. The molecule has 0 radical (unpaired) electrons. The Morgan fingerprint density at radius 3 is 2.24 bits per heavy atom. The zero-order valence-electron chi connectivity index (χ0n) is 13.8. The van der Waals surface area contributed by atoms with E-state index in [1.807, 2.05) is 0 Å². The number of amides is 1. The van der Waals surface area contributed by atoms with E-state index in [0.29, 0.717) is 30.7 Å². The molecule has 1 rings (SSSR count). The second kappa shape index (κ2) is 8.40. The normalized spacial score (nSPS) is 22.8. The lowest BCUT2D eigenvalue weighted by molar-refractivity contribution is -0.137. The number of nitrogens with one attached hydrogen (secondary N) is 1. The molecule has 0 aromatic rings. The summed E-state index contributed by atoms with van der Waals surface area (Å²) in [5.74, 6) is 0.678. The molecule has 0 aliphatic heterocycles. The number of hydrogen-bond donors (Lipinski definition) is 2. The molecule has 1 fully saturated rings. The number of rotatable bonds is 7. The summed E-state index contributed by atoms with van der Waals surface area (Å²) in [7, 11) is 0. The highest BCUT2D eigenvalue weighted by atomic mass is 16.4. The van der Waals surface area contributed by atoms with Crippen molar-refractivity contribution in [2.45, 2.75) is 72.1 Å². The van der Waals surface area contributed by atoms with E-state index in [9.17, 15) is 9.59 Å². The summed E-state index contributed by atoms with van der Waals surface area (Å²) in [6.45, 7) is 7.52. The monoisotopic (exact) mass is 297 g/mol. The van der Waals surface area contributed by atoms with E-state index < -0.39 is 5.97 Å². The summed E-state index contributed by atoms with van der Waals surface area (Å²) < 4.78 is 0. The van der Waals surface area contributed by atoms with Crippen LogP contribution in [0.1, 0.15) is 72.1 Å². The van der Waals surface area contributed by atoms with E-state index in [1.165, 1.54) is 12.8 Å². The summed E-state index contributed by atoms with van der Waals surface area (Å²) in [5, 5.41) is 11.4. The number of hydrogen-bond acceptors (Lipinski definition) is 2. The van der Waals surface area contributed by atoms with Gasteiger partial charge in [0.05, 0.1) is 0 Å². The van der Waals surface area contributed by atoms with Gasteiger partial charge >= 0.3 is 5.97 Å². The standard InChI is InChI=1S/C17H31NO3/c1-17(2,3)14-9-7-13(8-10-14)12-15(19)18-11-5-4-6-16(20)21/h13-14H,4-12H2,1-3H3,(H,18,19)(H,20,21). The molecule has 0 aromatic heterocycles. The highest BCUT2D eigenvalue weighted by Crippen LogP contribution is 2.40. The third kappa shape index (κ3) is 7.49. The van der Waals surface area contributed by atoms with Crippen molar-refractivity contribution < 1.29 is 14.7 Å². The number of unbranched alkanes of at least 4 members (excludes halogenated alkanes) is 1. The zero-order valence-corrected chi connectivity index (χ0v) is 13.8. The topological polar surface area (TPSA) is 66.4 Å². The molecule has 1 aliphatic carbocycles. The average molecular weight is 297 g/mol. The van der Waals surface area contributed by atoms with Gasteiger partial charge < -0.3 is 10.4 Å². The van der Waals surface area contributed by atoms with Gasteiger partial charge in [-0.3, -0.25) is 9.59 Å². The molecule has 0 heterocycles. The molecular weight excluding hydrogens is 266 g/mol. The molecule has 1 amide bonds. The lowest BCUT2D eigenvalue weighted by Crippen LogP contribution is -2.30. The van der Waals surface area contributed by atoms with Crippen LogP contribution in [-0.2, 0) is 9.59 Å². The fourth-order valence-electron chi connectivity index (χ4n) is 3.20. The smallest absolute Gasteiger partial charge is 0.303 e. The number of carboxylic acid groups (broad SMARTS) is 1. The van der Waals surface area contributed by atoms with Crippen LogP contribution in [0.5, 0.6) is 0 Å². The Balaban J connectivity index is 2.12. The maximum Gasteiger partial charge on any atom is 0.303 e. The van der Waals surface area contributed by atoms with Crippen molar-refractivity contribution >= 4 is 11.9 Å². The molecule has 21 heavy (non-hydrogen) atoms. The van der Waals surface area contributed by atoms with E-state index in [4.69, 9.17) is 5.11 Å². The van der Waals surface area contributed by atoms with Gasteiger partial charge in [0.2, 0.25) is 5.91 Å². The summed E-state index contributed by atoms with van der Waals surface area (Å²) in [6, 6.07) is 0. The van der Waals surface area contributed by atoms with Crippen LogP contribution in [0.25, 0.3) is 0 Å². The first-order valence-corrected chi connectivity index (χ1v) is 8.27. The molecule has 0 unspecified atom stereocenters. The quantitative estimate of drug-likeness (QED) is 0.706. The van der Waals surface area contributed by atoms with Crippen LogP contribution < -0.4 is 5.32 Å². The molecule has 0 aromatic carbocycles. The molecule has 4 nitrogen and oxygen atoms in total. The molecule has 0 spiro atoms. The molecule has 4 heteroatoms. The Morgan fingerprint density at radius 2 is 1.71 bits per heavy atom. The number of carbonyl (C=O) groups is 2. The Kier molecular flexibility index (Phi) is 7.20. The molecule has 0 bridgehead atoms. The van der Waals surface area contributed by atoms with Crippen molar-refractivity contribution in [3.8, 4) is 0 Å². The van der Waals surface area contributed by atoms with Gasteiger partial charge in [-0.15, -0.1) is 0 Å². The van der Waals surface area contributed by atoms with Crippen molar-refractivity contribution in [2.24, 2.45) is 17.3 Å². The first-order valence-electron chi connectivity index (χ1n) is 8.27. The maximum absolute atomic E-state index is 11.9. The minimum absolute atomic E-state index is 0.129. The summed E-state index contributed by atoms with van der Waals surface area (Å²) >= 11 is 0. The number of carbonyl (C=O) groups excluding carboxylic acids is 1. The van der Waals surface area contributed by atoms with Gasteiger partial charge in [-0.05, 0) is 55.8 Å². The van der Waals surface area contributed by atoms with Gasteiger partial charge in [-0.2, -0.15) is 0 Å². The van der Waals surface area contributed by atoms with E-state index >= 15 is 0 Å². The largest absolute Gasteiger partial charge is 0.481 e. The van der Waals surface area contributed by atoms with Crippen LogP contribution in [0.4, 0.5) is 0 Å². The summed E-state index contributed by atoms with van der Waals surface area (Å²) in [4.78, 5) is 22.2. The van der Waals surface area contributed by atoms with Gasteiger partial charge in [0.25, 0.3) is 0 Å². The Hall–Kier alpha value is -1.06. The van der Waals surface area contributed by atoms with E-state index in [-0.39, 0.29) is 12.3 Å². The van der Waals surface area contributed by atoms with Crippen molar-refractivity contribution in [3.05, 3.63) is 0 Å². The summed E-state index contributed by atoms with van der Waals surface area (Å²) in [5.41, 5.74) is 0.386. The zero-order chi connectivity index (χ0) is 15.9. The molecule has 1 aliphatic rings. The lowest BCUT2D eigenvalue weighted by atomic mass is 9.69. The van der Waals surface area contributed by atoms with Gasteiger partial charge in [0.15, 0.2) is 0 Å². The van der Waals surface area contributed by atoms with Crippen molar-refractivity contribution in [2.75, 3.05) is 6.54 Å². The first kappa shape index (κ1) is 18.0. The van der Waals surface area contributed by atoms with Crippen LogP contribution in [0.15, 0.2) is 0 Å². The van der Waals surface area contributed by atoms with Crippen molar-refractivity contribution in [3.63, 3.8) is 0 Å². The highest BCUT2D eigenvalue weighted by Gasteiger charge is 2.30. The van der Waals surface area contributed by atoms with Crippen LogP contribution in [0.3, 0.4) is 0 Å². The van der Waals surface area contributed by atoms with Crippen LogP contribution in [-0.4, -0.2) is 23.5 Å². The second-order valence-electron chi connectivity index (χ2n) is 7.49. The van der Waals surface area contributed by atoms with Crippen LogP contribution in [0, 0.1) is 17.3 Å². The van der Waals surface area contributed by atoms with E-state index in [0.717, 1.165) is 25.2 Å². The first-order chi connectivity index (χ1) is 9.79. The maximum atomic E-state index is 11.9.